The van der Waals surface area contributed by atoms with E-state index in [4.69, 9.17) is 0 Å². The maximum absolute atomic E-state index is 12.1. The molecule has 1 atom stereocenters. The molecule has 1 heterocycles. The van der Waals surface area contributed by atoms with E-state index in [-0.39, 0.29) is 5.91 Å². The number of hydrogen-bond donors (Lipinski definition) is 1. The first-order chi connectivity index (χ1) is 9.22. The van der Waals surface area contributed by atoms with Gasteiger partial charge in [-0.15, -0.1) is 0 Å². The van der Waals surface area contributed by atoms with Crippen molar-refractivity contribution in [2.75, 3.05) is 5.32 Å². The summed E-state index contributed by atoms with van der Waals surface area (Å²) in [5, 5.41) is 2.90. The second-order valence-corrected chi connectivity index (χ2v) is 4.44. The Balaban J connectivity index is 2.22. The topological polar surface area (TPSA) is 54.9 Å². The molecule has 4 heteroatoms. The van der Waals surface area contributed by atoms with E-state index in [9.17, 15) is 4.79 Å². The predicted molar refractivity (Wildman–Crippen MR) is 75.1 cm³/mol. The molecule has 0 saturated carbocycles. The highest BCUT2D eigenvalue weighted by Gasteiger charge is 2.12. The molecule has 1 N–H and O–H groups in total. The van der Waals surface area contributed by atoms with E-state index >= 15 is 0 Å². The minimum Gasteiger partial charge on any atom is -0.320 e. The van der Waals surface area contributed by atoms with Gasteiger partial charge in [0.25, 0.3) is 5.91 Å². The van der Waals surface area contributed by atoms with Crippen molar-refractivity contribution in [2.24, 2.45) is 0 Å². The average Bonchev–Trinajstić information content (AvgIpc) is 2.48. The first kappa shape index (κ1) is 13.2. The average molecular weight is 255 g/mol. The van der Waals surface area contributed by atoms with Gasteiger partial charge in [-0.2, -0.15) is 0 Å². The third kappa shape index (κ3) is 3.16. The summed E-state index contributed by atoms with van der Waals surface area (Å²) in [7, 11) is 0. The van der Waals surface area contributed by atoms with Gasteiger partial charge < -0.3 is 5.32 Å². The van der Waals surface area contributed by atoms with Gasteiger partial charge in [-0.1, -0.05) is 32.0 Å². The van der Waals surface area contributed by atoms with Gasteiger partial charge in [0.15, 0.2) is 0 Å². The van der Waals surface area contributed by atoms with Crippen LogP contribution in [0.15, 0.2) is 42.9 Å². The van der Waals surface area contributed by atoms with Crippen molar-refractivity contribution < 1.29 is 4.79 Å². The van der Waals surface area contributed by atoms with E-state index in [2.05, 4.69) is 29.1 Å². The molecule has 0 aliphatic heterocycles. The molecule has 0 aliphatic rings. The molecule has 2 rings (SSSR count). The Morgan fingerprint density at radius 1 is 1.32 bits per heavy atom. The maximum Gasteiger partial charge on any atom is 0.275 e. The number of carbonyl (C=O) groups excluding carboxylic acids is 1. The zero-order valence-corrected chi connectivity index (χ0v) is 11.1. The lowest BCUT2D eigenvalue weighted by Crippen LogP contribution is -2.15. The molecule has 0 spiro atoms. The minimum atomic E-state index is -0.233. The highest BCUT2D eigenvalue weighted by Crippen LogP contribution is 2.26. The van der Waals surface area contributed by atoms with Gasteiger partial charge in [0.2, 0.25) is 0 Å². The van der Waals surface area contributed by atoms with Crippen LogP contribution in [0.5, 0.6) is 0 Å². The smallest absolute Gasteiger partial charge is 0.275 e. The molecule has 4 nitrogen and oxygen atoms in total. The van der Waals surface area contributed by atoms with Gasteiger partial charge in [0.05, 0.1) is 6.20 Å². The summed E-state index contributed by atoms with van der Waals surface area (Å²) in [5.41, 5.74) is 2.30. The Bertz CT molecular complexity index is 554. The van der Waals surface area contributed by atoms with Crippen molar-refractivity contribution in [3.63, 3.8) is 0 Å². The van der Waals surface area contributed by atoms with Crippen molar-refractivity contribution >= 4 is 11.6 Å². The fraction of sp³-hybridized carbons (Fsp3) is 0.267. The molecular formula is C15H17N3O. The van der Waals surface area contributed by atoms with E-state index < -0.39 is 0 Å². The van der Waals surface area contributed by atoms with Crippen LogP contribution in [-0.2, 0) is 0 Å². The number of carbonyl (C=O) groups is 1. The first-order valence-electron chi connectivity index (χ1n) is 6.38. The van der Waals surface area contributed by atoms with Gasteiger partial charge in [-0.3, -0.25) is 9.78 Å². The lowest BCUT2D eigenvalue weighted by Gasteiger charge is -2.15. The van der Waals surface area contributed by atoms with Crippen molar-refractivity contribution in [2.45, 2.75) is 26.2 Å². The second kappa shape index (κ2) is 6.09. The normalized spacial score (nSPS) is 11.9. The summed E-state index contributed by atoms with van der Waals surface area (Å²) in [5.74, 6) is 0.169. The summed E-state index contributed by atoms with van der Waals surface area (Å²) in [6.45, 7) is 4.28. The molecule has 1 aromatic heterocycles. The van der Waals surface area contributed by atoms with E-state index in [0.29, 0.717) is 11.6 Å². The second-order valence-electron chi connectivity index (χ2n) is 4.44. The molecule has 19 heavy (non-hydrogen) atoms. The third-order valence-corrected chi connectivity index (χ3v) is 3.15. The van der Waals surface area contributed by atoms with Crippen LogP contribution in [0.2, 0.25) is 0 Å². The largest absolute Gasteiger partial charge is 0.320 e. The first-order valence-corrected chi connectivity index (χ1v) is 6.38. The fourth-order valence-corrected chi connectivity index (χ4v) is 1.86. The van der Waals surface area contributed by atoms with Crippen LogP contribution >= 0.6 is 0 Å². The lowest BCUT2D eigenvalue weighted by molar-refractivity contribution is 0.102. The van der Waals surface area contributed by atoms with Gasteiger partial charge in [-0.05, 0) is 24.0 Å². The molecule has 0 radical (unpaired) electrons. The van der Waals surface area contributed by atoms with E-state index in [1.54, 1.807) is 6.20 Å². The van der Waals surface area contributed by atoms with Crippen LogP contribution in [0.4, 0.5) is 5.69 Å². The quantitative estimate of drug-likeness (QED) is 0.912. The number of rotatable bonds is 4. The zero-order chi connectivity index (χ0) is 13.7. The lowest BCUT2D eigenvalue weighted by atomic mass is 9.97. The van der Waals surface area contributed by atoms with Crippen LogP contribution in [-0.4, -0.2) is 15.9 Å². The maximum atomic E-state index is 12.1. The van der Waals surface area contributed by atoms with Gasteiger partial charge >= 0.3 is 0 Å². The highest BCUT2D eigenvalue weighted by atomic mass is 16.1. The molecule has 98 valence electrons. The molecule has 2 aromatic rings. The SMILES string of the molecule is CCC(C)c1ccccc1NC(=O)c1cnccn1. The molecule has 1 amide bonds. The summed E-state index contributed by atoms with van der Waals surface area (Å²) in [4.78, 5) is 20.0. The molecular weight excluding hydrogens is 238 g/mol. The van der Waals surface area contributed by atoms with Crippen LogP contribution in [0.3, 0.4) is 0 Å². The number of hydrogen-bond acceptors (Lipinski definition) is 3. The molecule has 1 unspecified atom stereocenters. The Morgan fingerprint density at radius 3 is 2.79 bits per heavy atom. The number of nitrogens with zero attached hydrogens (tertiary/aromatic N) is 2. The Labute approximate surface area is 112 Å². The summed E-state index contributed by atoms with van der Waals surface area (Å²) < 4.78 is 0. The standard InChI is InChI=1S/C15H17N3O/c1-3-11(2)12-6-4-5-7-13(12)18-15(19)14-10-16-8-9-17-14/h4-11H,3H2,1-2H3,(H,18,19). The van der Waals surface area contributed by atoms with E-state index in [1.165, 1.54) is 12.4 Å². The van der Waals surface area contributed by atoms with Crippen molar-refractivity contribution in [1.29, 1.82) is 0 Å². The summed E-state index contributed by atoms with van der Waals surface area (Å²) >= 11 is 0. The molecule has 0 fully saturated rings. The van der Waals surface area contributed by atoms with Crippen LogP contribution in [0.25, 0.3) is 0 Å². The number of nitrogens with one attached hydrogen (secondary N) is 1. The Morgan fingerprint density at radius 2 is 2.11 bits per heavy atom. The molecule has 0 bridgehead atoms. The van der Waals surface area contributed by atoms with Crippen LogP contribution < -0.4 is 5.32 Å². The van der Waals surface area contributed by atoms with Crippen molar-refractivity contribution in [3.8, 4) is 0 Å². The number of aromatic nitrogens is 2. The van der Waals surface area contributed by atoms with E-state index in [1.807, 2.05) is 24.3 Å². The number of benzene rings is 1. The van der Waals surface area contributed by atoms with E-state index in [0.717, 1.165) is 17.7 Å². The van der Waals surface area contributed by atoms with Gasteiger partial charge in [0.1, 0.15) is 5.69 Å². The number of para-hydroxylation sites is 1. The van der Waals surface area contributed by atoms with Gasteiger partial charge in [-0.25, -0.2) is 4.98 Å². The number of amides is 1. The zero-order valence-electron chi connectivity index (χ0n) is 11.1. The highest BCUT2D eigenvalue weighted by molar-refractivity contribution is 6.03. The predicted octanol–water partition coefficient (Wildman–Crippen LogP) is 3.24. The van der Waals surface area contributed by atoms with Crippen molar-refractivity contribution in [1.82, 2.24) is 9.97 Å². The summed E-state index contributed by atoms with van der Waals surface area (Å²) in [6.07, 6.45) is 5.54. The minimum absolute atomic E-state index is 0.233. The van der Waals surface area contributed by atoms with Crippen molar-refractivity contribution in [3.05, 3.63) is 54.1 Å². The molecule has 0 saturated heterocycles. The Hall–Kier alpha value is -2.23. The summed E-state index contributed by atoms with van der Waals surface area (Å²) in [6, 6.07) is 7.86. The fourth-order valence-electron chi connectivity index (χ4n) is 1.86. The molecule has 0 aliphatic carbocycles. The Kier molecular flexibility index (Phi) is 4.23. The van der Waals surface area contributed by atoms with Crippen LogP contribution in [0.1, 0.15) is 42.2 Å². The van der Waals surface area contributed by atoms with Crippen LogP contribution in [0, 0.1) is 0 Å². The van der Waals surface area contributed by atoms with Gasteiger partial charge in [0, 0.05) is 18.1 Å². The third-order valence-electron chi connectivity index (χ3n) is 3.15. The number of anilines is 1. The monoisotopic (exact) mass is 255 g/mol. The molecule has 1 aromatic carbocycles.